The maximum atomic E-state index is 12.0. The van der Waals surface area contributed by atoms with E-state index in [-0.39, 0.29) is 21.4 Å². The number of carbonyl (C=O) groups is 1. The zero-order chi connectivity index (χ0) is 15.3. The topological polar surface area (TPSA) is 63.2 Å². The van der Waals surface area contributed by atoms with Crippen molar-refractivity contribution in [3.63, 3.8) is 0 Å². The Hall–Kier alpha value is -0.780. The zero-order valence-corrected chi connectivity index (χ0v) is 13.6. The molecule has 1 aromatic carbocycles. The van der Waals surface area contributed by atoms with Crippen molar-refractivity contribution in [2.24, 2.45) is 5.92 Å². The number of halogens is 2. The minimum absolute atomic E-state index is 0.00320. The molecule has 0 bridgehead atoms. The van der Waals surface area contributed by atoms with Crippen LogP contribution in [0.3, 0.4) is 0 Å². The number of hydrogen-bond acceptors (Lipinski definition) is 3. The SMILES string of the molecule is CCC(CC)CNC(=O)c1ccc(Cl)c(S(=O)(=O)Cl)c1. The predicted molar refractivity (Wildman–Crippen MR) is 80.9 cm³/mol. The third-order valence-electron chi connectivity index (χ3n) is 3.16. The molecule has 0 atom stereocenters. The van der Waals surface area contributed by atoms with Gasteiger partial charge in [-0.2, -0.15) is 0 Å². The molecule has 0 fully saturated rings. The molecule has 0 saturated heterocycles. The molecule has 0 spiro atoms. The molecule has 0 radical (unpaired) electrons. The molecule has 112 valence electrons. The normalized spacial score (nSPS) is 11.7. The number of nitrogens with one attached hydrogen (secondary N) is 1. The van der Waals surface area contributed by atoms with Crippen LogP contribution in [0.25, 0.3) is 0 Å². The smallest absolute Gasteiger partial charge is 0.262 e. The second-order valence-electron chi connectivity index (χ2n) is 4.48. The number of carbonyl (C=O) groups excluding carboxylic acids is 1. The third kappa shape index (κ3) is 4.65. The van der Waals surface area contributed by atoms with Crippen LogP contribution in [0.5, 0.6) is 0 Å². The monoisotopic (exact) mass is 337 g/mol. The van der Waals surface area contributed by atoms with Gasteiger partial charge in [-0.1, -0.05) is 38.3 Å². The van der Waals surface area contributed by atoms with Gasteiger partial charge in [0.2, 0.25) is 0 Å². The van der Waals surface area contributed by atoms with Gasteiger partial charge < -0.3 is 5.32 Å². The third-order valence-corrected chi connectivity index (χ3v) is 4.97. The van der Waals surface area contributed by atoms with Gasteiger partial charge in [0.05, 0.1) is 5.02 Å². The summed E-state index contributed by atoms with van der Waals surface area (Å²) >= 11 is 5.76. The van der Waals surface area contributed by atoms with E-state index in [2.05, 4.69) is 19.2 Å². The Kier molecular flexibility index (Phi) is 6.30. The van der Waals surface area contributed by atoms with Crippen molar-refractivity contribution < 1.29 is 13.2 Å². The van der Waals surface area contributed by atoms with E-state index in [0.29, 0.717) is 12.5 Å². The Balaban J connectivity index is 2.90. The van der Waals surface area contributed by atoms with Crippen LogP contribution in [0.2, 0.25) is 5.02 Å². The lowest BCUT2D eigenvalue weighted by atomic mass is 10.0. The minimum Gasteiger partial charge on any atom is -0.352 e. The van der Waals surface area contributed by atoms with E-state index < -0.39 is 9.05 Å². The van der Waals surface area contributed by atoms with E-state index in [0.717, 1.165) is 12.8 Å². The van der Waals surface area contributed by atoms with Crippen molar-refractivity contribution in [2.75, 3.05) is 6.54 Å². The Morgan fingerprint density at radius 2 is 1.90 bits per heavy atom. The largest absolute Gasteiger partial charge is 0.352 e. The van der Waals surface area contributed by atoms with Gasteiger partial charge in [-0.05, 0) is 24.1 Å². The van der Waals surface area contributed by atoms with E-state index in [1.54, 1.807) is 0 Å². The molecular weight excluding hydrogens is 321 g/mol. The number of hydrogen-bond donors (Lipinski definition) is 1. The van der Waals surface area contributed by atoms with Gasteiger partial charge in [0.1, 0.15) is 4.90 Å². The molecule has 1 aromatic rings. The highest BCUT2D eigenvalue weighted by Crippen LogP contribution is 2.25. The Morgan fingerprint density at radius 1 is 1.30 bits per heavy atom. The molecule has 0 saturated carbocycles. The highest BCUT2D eigenvalue weighted by molar-refractivity contribution is 8.13. The molecule has 7 heteroatoms. The van der Waals surface area contributed by atoms with Crippen LogP contribution < -0.4 is 5.32 Å². The first-order valence-electron chi connectivity index (χ1n) is 6.32. The lowest BCUT2D eigenvalue weighted by Crippen LogP contribution is -2.29. The molecule has 20 heavy (non-hydrogen) atoms. The summed E-state index contributed by atoms with van der Waals surface area (Å²) in [5.74, 6) is 0.0672. The first kappa shape index (κ1) is 17.3. The standard InChI is InChI=1S/C13H17Cl2NO3S/c1-3-9(4-2)8-16-13(17)10-5-6-11(14)12(7-10)20(15,18)19/h5-7,9H,3-4,8H2,1-2H3,(H,16,17). The quantitative estimate of drug-likeness (QED) is 0.808. The van der Waals surface area contributed by atoms with E-state index in [9.17, 15) is 13.2 Å². The van der Waals surface area contributed by atoms with Gasteiger partial charge >= 0.3 is 0 Å². The molecule has 1 amide bonds. The summed E-state index contributed by atoms with van der Waals surface area (Å²) in [7, 11) is 1.30. The predicted octanol–water partition coefficient (Wildman–Crippen LogP) is 3.43. The number of benzene rings is 1. The maximum Gasteiger partial charge on any atom is 0.262 e. The summed E-state index contributed by atoms with van der Waals surface area (Å²) in [6.07, 6.45) is 1.94. The van der Waals surface area contributed by atoms with Crippen LogP contribution in [0.15, 0.2) is 23.1 Å². The van der Waals surface area contributed by atoms with Gasteiger partial charge in [-0.25, -0.2) is 8.42 Å². The highest BCUT2D eigenvalue weighted by atomic mass is 35.7. The summed E-state index contributed by atoms with van der Waals surface area (Å²) in [4.78, 5) is 11.7. The van der Waals surface area contributed by atoms with Gasteiger partial charge in [0.25, 0.3) is 15.0 Å². The van der Waals surface area contributed by atoms with Crippen LogP contribution in [-0.2, 0) is 9.05 Å². The fourth-order valence-electron chi connectivity index (χ4n) is 1.75. The Bertz CT molecular complexity index is 583. The molecule has 0 heterocycles. The maximum absolute atomic E-state index is 12.0. The summed E-state index contributed by atoms with van der Waals surface area (Å²) in [6.45, 7) is 4.67. The first-order chi connectivity index (χ1) is 9.29. The van der Waals surface area contributed by atoms with Crippen molar-refractivity contribution in [3.8, 4) is 0 Å². The molecule has 0 aliphatic rings. The van der Waals surface area contributed by atoms with Crippen molar-refractivity contribution in [1.29, 1.82) is 0 Å². The van der Waals surface area contributed by atoms with E-state index in [1.165, 1.54) is 18.2 Å². The lowest BCUT2D eigenvalue weighted by molar-refractivity contribution is 0.0946. The highest BCUT2D eigenvalue weighted by Gasteiger charge is 2.18. The Labute approximate surface area is 128 Å². The molecule has 0 aliphatic heterocycles. The lowest BCUT2D eigenvalue weighted by Gasteiger charge is -2.13. The minimum atomic E-state index is -3.97. The van der Waals surface area contributed by atoms with Crippen molar-refractivity contribution in [1.82, 2.24) is 5.32 Å². The summed E-state index contributed by atoms with van der Waals surface area (Å²) in [5.41, 5.74) is 0.222. The molecule has 0 unspecified atom stereocenters. The van der Waals surface area contributed by atoms with Crippen LogP contribution in [0, 0.1) is 5.92 Å². The van der Waals surface area contributed by atoms with Crippen LogP contribution in [0.1, 0.15) is 37.0 Å². The second-order valence-corrected chi connectivity index (χ2v) is 7.42. The number of rotatable bonds is 6. The van der Waals surface area contributed by atoms with Gasteiger partial charge in [0.15, 0.2) is 0 Å². The van der Waals surface area contributed by atoms with Gasteiger partial charge in [-0.3, -0.25) is 4.79 Å². The molecule has 0 aromatic heterocycles. The summed E-state index contributed by atoms with van der Waals surface area (Å²) in [6, 6.07) is 4.01. The fourth-order valence-corrected chi connectivity index (χ4v) is 3.24. The van der Waals surface area contributed by atoms with Crippen molar-refractivity contribution in [3.05, 3.63) is 28.8 Å². The molecule has 1 N–H and O–H groups in total. The van der Waals surface area contributed by atoms with Crippen LogP contribution in [-0.4, -0.2) is 20.9 Å². The molecule has 1 rings (SSSR count). The summed E-state index contributed by atoms with van der Waals surface area (Å²) < 4.78 is 22.7. The fraction of sp³-hybridized carbons (Fsp3) is 0.462. The zero-order valence-electron chi connectivity index (χ0n) is 11.3. The second kappa shape index (κ2) is 7.29. The van der Waals surface area contributed by atoms with E-state index in [4.69, 9.17) is 22.3 Å². The van der Waals surface area contributed by atoms with E-state index in [1.807, 2.05) is 0 Å². The molecular formula is C13H17Cl2NO3S. The van der Waals surface area contributed by atoms with Crippen molar-refractivity contribution >= 4 is 37.2 Å². The average Bonchev–Trinajstić information content (AvgIpc) is 2.38. The van der Waals surface area contributed by atoms with Crippen LogP contribution >= 0.6 is 22.3 Å². The average molecular weight is 338 g/mol. The first-order valence-corrected chi connectivity index (χ1v) is 9.00. The molecule has 4 nitrogen and oxygen atoms in total. The van der Waals surface area contributed by atoms with Crippen LogP contribution in [0.4, 0.5) is 0 Å². The van der Waals surface area contributed by atoms with Gasteiger partial charge in [0, 0.05) is 22.8 Å². The Morgan fingerprint density at radius 3 is 2.40 bits per heavy atom. The number of amides is 1. The molecule has 0 aliphatic carbocycles. The van der Waals surface area contributed by atoms with Gasteiger partial charge in [-0.15, -0.1) is 0 Å². The summed E-state index contributed by atoms with van der Waals surface area (Å²) in [5, 5.41) is 2.78. The van der Waals surface area contributed by atoms with E-state index >= 15 is 0 Å². The van der Waals surface area contributed by atoms with Crippen molar-refractivity contribution in [2.45, 2.75) is 31.6 Å².